The topological polar surface area (TPSA) is 80.1 Å². The molecule has 0 bridgehead atoms. The average Bonchev–Trinajstić information content (AvgIpc) is 3.25. The average molecular weight is 475 g/mol. The summed E-state index contributed by atoms with van der Waals surface area (Å²) >= 11 is 0. The summed E-state index contributed by atoms with van der Waals surface area (Å²) in [6.45, 7) is 8.88. The number of halogens is 2. The van der Waals surface area contributed by atoms with Gasteiger partial charge in [-0.3, -0.25) is 14.7 Å². The second kappa shape index (κ2) is 10.2. The largest absolute Gasteiger partial charge is 0.507 e. The minimum Gasteiger partial charge on any atom is -0.507 e. The van der Waals surface area contributed by atoms with Crippen LogP contribution in [0.1, 0.15) is 26.2 Å². The van der Waals surface area contributed by atoms with Gasteiger partial charge in [-0.05, 0) is 43.4 Å². The number of carboxylic acid groups (broad SMARTS) is 1. The summed E-state index contributed by atoms with van der Waals surface area (Å²) in [5, 5.41) is 17.1. The van der Waals surface area contributed by atoms with Gasteiger partial charge in [0.1, 0.15) is 23.1 Å². The van der Waals surface area contributed by atoms with Crippen molar-refractivity contribution in [2.45, 2.75) is 32.2 Å². The van der Waals surface area contributed by atoms with Gasteiger partial charge >= 0.3 is 0 Å². The SMILES string of the molecule is CCN1CC2(CCC(N3CCN(c4cc(F)cnc4-c4c(O)cccc4F)CC3)C2)C1.O=CO. The second-order valence-corrected chi connectivity index (χ2v) is 9.48. The van der Waals surface area contributed by atoms with Crippen LogP contribution in [0.25, 0.3) is 11.3 Å². The Labute approximate surface area is 198 Å². The number of aromatic hydroxyl groups is 1. The van der Waals surface area contributed by atoms with E-state index in [0.717, 1.165) is 38.9 Å². The van der Waals surface area contributed by atoms with Crippen LogP contribution >= 0.6 is 0 Å². The summed E-state index contributed by atoms with van der Waals surface area (Å²) in [6.07, 6.45) is 4.93. The Morgan fingerprint density at radius 1 is 1.21 bits per heavy atom. The van der Waals surface area contributed by atoms with E-state index in [1.807, 2.05) is 0 Å². The molecule has 1 saturated carbocycles. The Kier molecular flexibility index (Phi) is 7.33. The number of likely N-dealkylation sites (tertiary alicyclic amines) is 1. The highest BCUT2D eigenvalue weighted by Crippen LogP contribution is 2.47. The number of anilines is 1. The first-order valence-electron chi connectivity index (χ1n) is 11.8. The smallest absolute Gasteiger partial charge is 0.290 e. The van der Waals surface area contributed by atoms with Crippen molar-refractivity contribution in [1.29, 1.82) is 0 Å². The van der Waals surface area contributed by atoms with Crippen molar-refractivity contribution in [3.05, 3.63) is 42.1 Å². The summed E-state index contributed by atoms with van der Waals surface area (Å²) in [4.78, 5) is 19.7. The third-order valence-electron chi connectivity index (χ3n) is 7.48. The number of phenolic OH excluding ortho intramolecular Hbond substituents is 1. The number of nitrogens with zero attached hydrogens (tertiary/aromatic N) is 4. The minimum atomic E-state index is -0.558. The fourth-order valence-corrected chi connectivity index (χ4v) is 5.84. The number of rotatable bonds is 4. The van der Waals surface area contributed by atoms with E-state index in [1.54, 1.807) is 0 Å². The molecule has 2 saturated heterocycles. The van der Waals surface area contributed by atoms with Crippen molar-refractivity contribution in [1.82, 2.24) is 14.8 Å². The first-order valence-corrected chi connectivity index (χ1v) is 11.8. The molecule has 1 aromatic carbocycles. The van der Waals surface area contributed by atoms with Gasteiger partial charge in [-0.2, -0.15) is 0 Å². The molecule has 3 aliphatic rings. The van der Waals surface area contributed by atoms with Gasteiger partial charge in [-0.25, -0.2) is 8.78 Å². The molecule has 9 heteroatoms. The predicted molar refractivity (Wildman–Crippen MR) is 126 cm³/mol. The molecule has 1 aliphatic carbocycles. The van der Waals surface area contributed by atoms with Gasteiger partial charge in [0, 0.05) is 51.4 Å². The minimum absolute atomic E-state index is 0.0307. The monoisotopic (exact) mass is 474 g/mol. The Balaban J connectivity index is 0.000000868. The molecular formula is C25H32F2N4O3. The van der Waals surface area contributed by atoms with Crippen LogP contribution in [0.4, 0.5) is 14.5 Å². The number of hydrogen-bond donors (Lipinski definition) is 2. The van der Waals surface area contributed by atoms with Crippen LogP contribution < -0.4 is 4.90 Å². The molecule has 1 atom stereocenters. The first kappa shape index (κ1) is 24.3. The maximum Gasteiger partial charge on any atom is 0.290 e. The molecule has 0 radical (unpaired) electrons. The van der Waals surface area contributed by atoms with Gasteiger partial charge in [0.15, 0.2) is 0 Å². The maximum absolute atomic E-state index is 14.5. The molecule has 3 fully saturated rings. The number of aromatic nitrogens is 1. The Morgan fingerprint density at radius 2 is 1.91 bits per heavy atom. The summed E-state index contributed by atoms with van der Waals surface area (Å²) in [5.74, 6) is -1.20. The number of piperazine rings is 1. The third kappa shape index (κ3) is 4.86. The molecule has 0 amide bonds. The standard InChI is InChI=1S/C24H30F2N4O.CH2O2/c1-2-28-15-24(16-28)7-6-18(13-24)29-8-10-30(11-9-29)20-12-17(25)14-27-23(20)22-19(26)4-3-5-21(22)31;2-1-3/h3-5,12,14,18,31H,2,6-11,13,15-16H2,1H3;1H,(H,2,3). The van der Waals surface area contributed by atoms with Crippen molar-refractivity contribution in [2.75, 3.05) is 50.7 Å². The molecule has 34 heavy (non-hydrogen) atoms. The predicted octanol–water partition coefficient (Wildman–Crippen LogP) is 3.43. The number of hydrogen-bond acceptors (Lipinski definition) is 6. The molecule has 1 unspecified atom stereocenters. The Morgan fingerprint density at radius 3 is 2.56 bits per heavy atom. The van der Waals surface area contributed by atoms with E-state index in [9.17, 15) is 13.9 Å². The summed E-state index contributed by atoms with van der Waals surface area (Å²) in [7, 11) is 0. The van der Waals surface area contributed by atoms with Crippen LogP contribution in [-0.2, 0) is 4.79 Å². The van der Waals surface area contributed by atoms with Gasteiger partial charge in [0.05, 0.1) is 17.4 Å². The molecule has 2 N–H and O–H groups in total. The third-order valence-corrected chi connectivity index (χ3v) is 7.48. The van der Waals surface area contributed by atoms with E-state index in [2.05, 4.69) is 26.6 Å². The van der Waals surface area contributed by atoms with Crippen LogP contribution in [0.3, 0.4) is 0 Å². The van der Waals surface area contributed by atoms with Crippen molar-refractivity contribution in [3.63, 3.8) is 0 Å². The quantitative estimate of drug-likeness (QED) is 0.658. The van der Waals surface area contributed by atoms with Crippen molar-refractivity contribution in [2.24, 2.45) is 5.41 Å². The van der Waals surface area contributed by atoms with Crippen molar-refractivity contribution in [3.8, 4) is 17.0 Å². The van der Waals surface area contributed by atoms with Crippen LogP contribution in [0.2, 0.25) is 0 Å². The molecular weight excluding hydrogens is 442 g/mol. The zero-order valence-corrected chi connectivity index (χ0v) is 19.5. The highest BCUT2D eigenvalue weighted by molar-refractivity contribution is 5.79. The summed E-state index contributed by atoms with van der Waals surface area (Å²) < 4.78 is 28.6. The van der Waals surface area contributed by atoms with E-state index in [-0.39, 0.29) is 17.8 Å². The number of phenols is 1. The highest BCUT2D eigenvalue weighted by Gasteiger charge is 2.48. The van der Waals surface area contributed by atoms with E-state index in [1.165, 1.54) is 56.6 Å². The molecule has 2 aromatic rings. The molecule has 2 aliphatic heterocycles. The number of pyridine rings is 1. The lowest BCUT2D eigenvalue weighted by atomic mass is 9.78. The molecule has 184 valence electrons. The lowest BCUT2D eigenvalue weighted by Gasteiger charge is -2.49. The fourth-order valence-electron chi connectivity index (χ4n) is 5.84. The highest BCUT2D eigenvalue weighted by atomic mass is 19.1. The van der Waals surface area contributed by atoms with Crippen molar-refractivity contribution < 1.29 is 23.8 Å². The molecule has 1 aromatic heterocycles. The summed E-state index contributed by atoms with van der Waals surface area (Å²) in [6, 6.07) is 6.20. The fraction of sp³-hybridized carbons (Fsp3) is 0.520. The summed E-state index contributed by atoms with van der Waals surface area (Å²) in [5.41, 5.74) is 1.39. The van der Waals surface area contributed by atoms with Crippen molar-refractivity contribution >= 4 is 12.2 Å². The van der Waals surface area contributed by atoms with E-state index in [0.29, 0.717) is 22.8 Å². The molecule has 5 rings (SSSR count). The van der Waals surface area contributed by atoms with Crippen LogP contribution in [-0.4, -0.2) is 83.3 Å². The van der Waals surface area contributed by atoms with E-state index < -0.39 is 11.6 Å². The van der Waals surface area contributed by atoms with Crippen LogP contribution in [0.15, 0.2) is 30.5 Å². The van der Waals surface area contributed by atoms with E-state index >= 15 is 0 Å². The van der Waals surface area contributed by atoms with Gasteiger partial charge in [0.25, 0.3) is 6.47 Å². The lowest BCUT2D eigenvalue weighted by molar-refractivity contribution is -0.122. The van der Waals surface area contributed by atoms with Crippen LogP contribution in [0, 0.1) is 17.0 Å². The molecule has 3 heterocycles. The number of benzene rings is 1. The Hall–Kier alpha value is -2.78. The van der Waals surface area contributed by atoms with Crippen LogP contribution in [0.5, 0.6) is 5.75 Å². The van der Waals surface area contributed by atoms with Gasteiger partial charge in [0.2, 0.25) is 0 Å². The normalized spacial score (nSPS) is 22.2. The number of carbonyl (C=O) groups is 1. The molecule has 7 nitrogen and oxygen atoms in total. The van der Waals surface area contributed by atoms with E-state index in [4.69, 9.17) is 9.90 Å². The van der Waals surface area contributed by atoms with Gasteiger partial charge < -0.3 is 20.0 Å². The van der Waals surface area contributed by atoms with Gasteiger partial charge in [-0.15, -0.1) is 0 Å². The zero-order chi connectivity index (χ0) is 24.3. The lowest BCUT2D eigenvalue weighted by Crippen LogP contribution is -2.56. The van der Waals surface area contributed by atoms with Gasteiger partial charge in [-0.1, -0.05) is 13.0 Å². The molecule has 1 spiro atoms. The first-order chi connectivity index (χ1) is 16.4. The Bertz CT molecular complexity index is 987. The second-order valence-electron chi connectivity index (χ2n) is 9.48. The zero-order valence-electron chi connectivity index (χ0n) is 19.5. The maximum atomic E-state index is 14.5.